The lowest BCUT2D eigenvalue weighted by atomic mass is 9.88. The zero-order valence-electron chi connectivity index (χ0n) is 16.1. The third kappa shape index (κ3) is 4.45. The Hall–Kier alpha value is -2.80. The van der Waals surface area contributed by atoms with Gasteiger partial charge in [0, 0.05) is 43.2 Å². The minimum atomic E-state index is -0.429. The van der Waals surface area contributed by atoms with Crippen LogP contribution in [0.2, 0.25) is 0 Å². The first-order valence-corrected chi connectivity index (χ1v) is 9.96. The van der Waals surface area contributed by atoms with Crippen molar-refractivity contribution in [3.05, 3.63) is 65.7 Å². The molecule has 2 aromatic rings. The quantitative estimate of drug-likeness (QED) is 0.861. The van der Waals surface area contributed by atoms with Crippen LogP contribution in [0, 0.1) is 5.82 Å². The predicted molar refractivity (Wildman–Crippen MR) is 105 cm³/mol. The molecule has 2 fully saturated rings. The van der Waals surface area contributed by atoms with Crippen LogP contribution in [0.1, 0.15) is 46.4 Å². The minimum Gasteiger partial charge on any atom is -0.370 e. The number of nitrogens with one attached hydrogen (secondary N) is 1. The van der Waals surface area contributed by atoms with Crippen LogP contribution in [0.25, 0.3) is 0 Å². The van der Waals surface area contributed by atoms with Gasteiger partial charge >= 0.3 is 0 Å². The fourth-order valence-corrected chi connectivity index (χ4v) is 4.14. The SMILES string of the molecule is O=C(NCC1CCC2(CCN(C(=O)c3ccncc3)CC2)O1)c1cccc(F)c1. The Morgan fingerprint density at radius 2 is 1.90 bits per heavy atom. The molecule has 4 rings (SSSR count). The fraction of sp³-hybridized carbons (Fsp3) is 0.409. The number of amides is 2. The van der Waals surface area contributed by atoms with Gasteiger partial charge in [0.1, 0.15) is 5.82 Å². The van der Waals surface area contributed by atoms with Crippen molar-refractivity contribution in [1.82, 2.24) is 15.2 Å². The van der Waals surface area contributed by atoms with Gasteiger partial charge in [0.25, 0.3) is 11.8 Å². The van der Waals surface area contributed by atoms with E-state index in [1.54, 1.807) is 30.6 Å². The van der Waals surface area contributed by atoms with Crippen LogP contribution in [-0.4, -0.2) is 53.0 Å². The summed E-state index contributed by atoms with van der Waals surface area (Å²) in [6.45, 7) is 1.71. The van der Waals surface area contributed by atoms with Gasteiger partial charge in [-0.3, -0.25) is 14.6 Å². The normalized spacial score (nSPS) is 20.6. The number of piperidine rings is 1. The molecular formula is C22H24FN3O3. The van der Waals surface area contributed by atoms with Crippen molar-refractivity contribution in [2.24, 2.45) is 0 Å². The number of rotatable bonds is 4. The van der Waals surface area contributed by atoms with Crippen molar-refractivity contribution in [2.45, 2.75) is 37.4 Å². The van der Waals surface area contributed by atoms with Crippen LogP contribution in [0.4, 0.5) is 4.39 Å². The highest BCUT2D eigenvalue weighted by Gasteiger charge is 2.43. The van der Waals surface area contributed by atoms with E-state index in [1.165, 1.54) is 18.2 Å². The number of ether oxygens (including phenoxy) is 1. The number of hydrogen-bond donors (Lipinski definition) is 1. The Labute approximate surface area is 169 Å². The third-order valence-electron chi connectivity index (χ3n) is 5.80. The van der Waals surface area contributed by atoms with E-state index in [0.29, 0.717) is 30.8 Å². The van der Waals surface area contributed by atoms with Gasteiger partial charge in [0.05, 0.1) is 11.7 Å². The molecule has 0 bridgehead atoms. The van der Waals surface area contributed by atoms with E-state index < -0.39 is 5.82 Å². The topological polar surface area (TPSA) is 71.5 Å². The number of benzene rings is 1. The van der Waals surface area contributed by atoms with E-state index in [9.17, 15) is 14.0 Å². The second kappa shape index (κ2) is 8.29. The highest BCUT2D eigenvalue weighted by Crippen LogP contribution is 2.39. The Bertz CT molecular complexity index is 882. The molecule has 1 spiro atoms. The molecule has 152 valence electrons. The molecule has 6 nitrogen and oxygen atoms in total. The Morgan fingerprint density at radius 1 is 1.14 bits per heavy atom. The average Bonchev–Trinajstić information content (AvgIpc) is 3.15. The number of pyridine rings is 1. The van der Waals surface area contributed by atoms with Crippen molar-refractivity contribution in [3.63, 3.8) is 0 Å². The van der Waals surface area contributed by atoms with Crippen LogP contribution in [0.5, 0.6) is 0 Å². The second-order valence-corrected chi connectivity index (χ2v) is 7.71. The standard InChI is InChI=1S/C22H24FN3O3/c23-18-3-1-2-17(14-18)20(27)25-15-19-4-7-22(29-19)8-12-26(13-9-22)21(28)16-5-10-24-11-6-16/h1-3,5-6,10-11,14,19H,4,7-9,12-13,15H2,(H,25,27). The van der Waals surface area contributed by atoms with Crippen molar-refractivity contribution >= 4 is 11.8 Å². The molecule has 1 aromatic heterocycles. The molecule has 3 heterocycles. The zero-order chi connectivity index (χ0) is 20.3. The lowest BCUT2D eigenvalue weighted by Crippen LogP contribution is -2.47. The van der Waals surface area contributed by atoms with Crippen molar-refractivity contribution in [1.29, 1.82) is 0 Å². The van der Waals surface area contributed by atoms with Crippen molar-refractivity contribution in [2.75, 3.05) is 19.6 Å². The molecule has 7 heteroatoms. The Morgan fingerprint density at radius 3 is 2.62 bits per heavy atom. The van der Waals surface area contributed by atoms with Gasteiger partial charge in [-0.2, -0.15) is 0 Å². The third-order valence-corrected chi connectivity index (χ3v) is 5.80. The van der Waals surface area contributed by atoms with Crippen LogP contribution in [0.3, 0.4) is 0 Å². The van der Waals surface area contributed by atoms with E-state index in [1.807, 2.05) is 4.90 Å². The number of nitrogens with zero attached hydrogens (tertiary/aromatic N) is 2. The Kier molecular flexibility index (Phi) is 5.58. The molecule has 2 amide bonds. The number of likely N-dealkylation sites (tertiary alicyclic amines) is 1. The maximum absolute atomic E-state index is 13.3. The molecule has 1 unspecified atom stereocenters. The van der Waals surface area contributed by atoms with E-state index >= 15 is 0 Å². The first kappa shape index (κ1) is 19.5. The molecule has 0 radical (unpaired) electrons. The molecule has 29 heavy (non-hydrogen) atoms. The molecule has 1 aromatic carbocycles. The highest BCUT2D eigenvalue weighted by atomic mass is 19.1. The monoisotopic (exact) mass is 397 g/mol. The summed E-state index contributed by atoms with van der Waals surface area (Å²) in [7, 11) is 0. The highest BCUT2D eigenvalue weighted by molar-refractivity contribution is 5.94. The lowest BCUT2D eigenvalue weighted by molar-refractivity contribution is -0.0712. The second-order valence-electron chi connectivity index (χ2n) is 7.71. The molecule has 0 saturated carbocycles. The molecule has 2 aliphatic rings. The smallest absolute Gasteiger partial charge is 0.253 e. The molecule has 0 aliphatic carbocycles. The summed E-state index contributed by atoms with van der Waals surface area (Å²) in [6, 6.07) is 9.11. The van der Waals surface area contributed by atoms with Crippen LogP contribution in [-0.2, 0) is 4.74 Å². The summed E-state index contributed by atoms with van der Waals surface area (Å²) in [4.78, 5) is 30.6. The molecular weight excluding hydrogens is 373 g/mol. The summed E-state index contributed by atoms with van der Waals surface area (Å²) in [5.74, 6) is -0.701. The van der Waals surface area contributed by atoms with E-state index in [4.69, 9.17) is 4.74 Å². The van der Waals surface area contributed by atoms with E-state index in [0.717, 1.165) is 25.7 Å². The Balaban J connectivity index is 1.27. The fourth-order valence-electron chi connectivity index (χ4n) is 4.14. The van der Waals surface area contributed by atoms with Gasteiger partial charge in [-0.05, 0) is 56.0 Å². The number of carbonyl (C=O) groups is 2. The van der Waals surface area contributed by atoms with E-state index in [-0.39, 0.29) is 23.5 Å². The summed E-state index contributed by atoms with van der Waals surface area (Å²) in [5, 5.41) is 2.84. The van der Waals surface area contributed by atoms with Gasteiger partial charge in [-0.15, -0.1) is 0 Å². The van der Waals surface area contributed by atoms with Crippen LogP contribution < -0.4 is 5.32 Å². The number of halogens is 1. The largest absolute Gasteiger partial charge is 0.370 e. The molecule has 1 atom stereocenters. The maximum Gasteiger partial charge on any atom is 0.253 e. The van der Waals surface area contributed by atoms with Gasteiger partial charge in [-0.1, -0.05) is 6.07 Å². The summed E-state index contributed by atoms with van der Waals surface area (Å²) in [6.07, 6.45) is 6.56. The van der Waals surface area contributed by atoms with Gasteiger partial charge < -0.3 is 15.0 Å². The lowest BCUT2D eigenvalue weighted by Gasteiger charge is -2.39. The first-order valence-electron chi connectivity index (χ1n) is 9.96. The van der Waals surface area contributed by atoms with Gasteiger partial charge in [0.15, 0.2) is 0 Å². The maximum atomic E-state index is 13.3. The number of hydrogen-bond acceptors (Lipinski definition) is 4. The predicted octanol–water partition coefficient (Wildman–Crippen LogP) is 2.80. The minimum absolute atomic E-state index is 0.0270. The van der Waals surface area contributed by atoms with Crippen molar-refractivity contribution in [3.8, 4) is 0 Å². The first-order chi connectivity index (χ1) is 14.0. The summed E-state index contributed by atoms with van der Waals surface area (Å²) in [5.41, 5.74) is 0.741. The van der Waals surface area contributed by atoms with Crippen LogP contribution in [0.15, 0.2) is 48.8 Å². The molecule has 1 N–H and O–H groups in total. The summed E-state index contributed by atoms with van der Waals surface area (Å²) >= 11 is 0. The van der Waals surface area contributed by atoms with Crippen LogP contribution >= 0.6 is 0 Å². The number of carbonyl (C=O) groups excluding carboxylic acids is 2. The van der Waals surface area contributed by atoms with Gasteiger partial charge in [0.2, 0.25) is 0 Å². The van der Waals surface area contributed by atoms with E-state index in [2.05, 4.69) is 10.3 Å². The van der Waals surface area contributed by atoms with Crippen molar-refractivity contribution < 1.29 is 18.7 Å². The average molecular weight is 397 g/mol. The zero-order valence-corrected chi connectivity index (χ0v) is 16.1. The number of aromatic nitrogens is 1. The molecule has 2 aliphatic heterocycles. The molecule has 2 saturated heterocycles. The van der Waals surface area contributed by atoms with Gasteiger partial charge in [-0.25, -0.2) is 4.39 Å². The summed E-state index contributed by atoms with van der Waals surface area (Å²) < 4.78 is 19.6.